The Bertz CT molecular complexity index is 858. The molecule has 0 fully saturated rings. The second kappa shape index (κ2) is 5.91. The van der Waals surface area contributed by atoms with Gasteiger partial charge in [0.2, 0.25) is 0 Å². The maximum Gasteiger partial charge on any atom is 0.278 e. The van der Waals surface area contributed by atoms with E-state index in [9.17, 15) is 9.59 Å². The van der Waals surface area contributed by atoms with Crippen molar-refractivity contribution in [1.29, 1.82) is 0 Å². The summed E-state index contributed by atoms with van der Waals surface area (Å²) in [4.78, 5) is 25.3. The average molecular weight is 342 g/mol. The summed E-state index contributed by atoms with van der Waals surface area (Å²) in [7, 11) is 1.84. The number of carbonyl (C=O) groups is 2. The van der Waals surface area contributed by atoms with E-state index in [4.69, 9.17) is 4.74 Å². The predicted octanol–water partition coefficient (Wildman–Crippen LogP) is 2.00. The molecule has 1 aliphatic heterocycles. The van der Waals surface area contributed by atoms with Gasteiger partial charge in [0.05, 0.1) is 17.9 Å². The molecule has 0 aliphatic carbocycles. The Morgan fingerprint density at radius 2 is 2.12 bits per heavy atom. The molecule has 1 aromatic carbocycles. The molecule has 2 atom stereocenters. The average Bonchev–Trinajstić information content (AvgIpc) is 2.88. The third kappa shape index (κ3) is 2.86. The number of nitrogens with one attached hydrogen (secondary N) is 2. The van der Waals surface area contributed by atoms with Crippen molar-refractivity contribution < 1.29 is 14.3 Å². The number of nitrogens with zero attached hydrogens (tertiary/aromatic N) is 2. The van der Waals surface area contributed by atoms with Crippen LogP contribution in [0.15, 0.2) is 24.4 Å². The van der Waals surface area contributed by atoms with Gasteiger partial charge in [0, 0.05) is 18.3 Å². The Labute approximate surface area is 146 Å². The monoisotopic (exact) mass is 342 g/mol. The third-order valence-corrected chi connectivity index (χ3v) is 4.65. The first kappa shape index (κ1) is 17.0. The molecular weight excluding hydrogens is 320 g/mol. The quantitative estimate of drug-likeness (QED) is 0.836. The summed E-state index contributed by atoms with van der Waals surface area (Å²) in [5.74, 6) is -0.502. The van der Waals surface area contributed by atoms with E-state index in [1.807, 2.05) is 40.0 Å². The summed E-state index contributed by atoms with van der Waals surface area (Å²) in [5.41, 5.74) is 1.79. The van der Waals surface area contributed by atoms with Crippen molar-refractivity contribution in [3.8, 4) is 5.75 Å². The molecule has 0 bridgehead atoms. The number of rotatable bonds is 3. The Kier molecular flexibility index (Phi) is 4.02. The maximum absolute atomic E-state index is 12.8. The van der Waals surface area contributed by atoms with Crippen molar-refractivity contribution >= 4 is 17.5 Å². The van der Waals surface area contributed by atoms with Crippen molar-refractivity contribution in [3.63, 3.8) is 0 Å². The number of aromatic nitrogens is 2. The highest BCUT2D eigenvalue weighted by atomic mass is 16.5. The lowest BCUT2D eigenvalue weighted by Gasteiger charge is -2.34. The van der Waals surface area contributed by atoms with E-state index < -0.39 is 17.4 Å². The topological polar surface area (TPSA) is 85.3 Å². The molecule has 7 heteroatoms. The Morgan fingerprint density at radius 1 is 1.40 bits per heavy atom. The van der Waals surface area contributed by atoms with Crippen LogP contribution in [0.25, 0.3) is 0 Å². The van der Waals surface area contributed by atoms with Crippen LogP contribution >= 0.6 is 0 Å². The highest BCUT2D eigenvalue weighted by molar-refractivity contribution is 6.15. The van der Waals surface area contributed by atoms with Crippen LogP contribution in [0.3, 0.4) is 0 Å². The van der Waals surface area contributed by atoms with E-state index in [1.54, 1.807) is 16.9 Å². The zero-order chi connectivity index (χ0) is 18.4. The van der Waals surface area contributed by atoms with Gasteiger partial charge in [0.1, 0.15) is 5.75 Å². The first-order chi connectivity index (χ1) is 11.7. The fraction of sp³-hybridized carbons (Fsp3) is 0.389. The molecule has 1 aromatic heterocycles. The predicted molar refractivity (Wildman–Crippen MR) is 93.3 cm³/mol. The molecule has 7 nitrogen and oxygen atoms in total. The number of anilines is 1. The first-order valence-corrected chi connectivity index (χ1v) is 8.13. The zero-order valence-electron chi connectivity index (χ0n) is 15.0. The van der Waals surface area contributed by atoms with Crippen LogP contribution < -0.4 is 15.4 Å². The van der Waals surface area contributed by atoms with E-state index in [-0.39, 0.29) is 6.04 Å². The minimum atomic E-state index is -1.63. The number of carbonyl (C=O) groups excluding carboxylic acids is 2. The molecule has 2 N–H and O–H groups in total. The lowest BCUT2D eigenvalue weighted by molar-refractivity contribution is -0.147. The minimum Gasteiger partial charge on any atom is -0.466 e. The summed E-state index contributed by atoms with van der Waals surface area (Å²) < 4.78 is 7.51. The summed E-state index contributed by atoms with van der Waals surface area (Å²) in [6.07, 6.45) is 1.71. The van der Waals surface area contributed by atoms with Crippen LogP contribution in [0.2, 0.25) is 0 Å². The van der Waals surface area contributed by atoms with Crippen LogP contribution in [0, 0.1) is 13.8 Å². The van der Waals surface area contributed by atoms with Crippen molar-refractivity contribution in [2.45, 2.75) is 39.3 Å². The van der Waals surface area contributed by atoms with Gasteiger partial charge >= 0.3 is 0 Å². The molecule has 0 saturated heterocycles. The zero-order valence-corrected chi connectivity index (χ0v) is 15.0. The van der Waals surface area contributed by atoms with Crippen LogP contribution in [0.4, 0.5) is 5.69 Å². The first-order valence-electron chi connectivity index (χ1n) is 8.13. The molecule has 1 aliphatic rings. The van der Waals surface area contributed by atoms with Crippen LogP contribution in [0.5, 0.6) is 5.75 Å². The second-order valence-electron chi connectivity index (χ2n) is 6.59. The van der Waals surface area contributed by atoms with Crippen molar-refractivity contribution in [2.75, 3.05) is 5.32 Å². The standard InChI is InChI=1S/C18H22N4O3/c1-10-6-7-15-14(8-10)21-17(24)18(4,25-15)16(23)20-11(2)13-9-19-22(5)12(13)3/h6-9,11H,1-5H3,(H,20,23)(H,21,24). The lowest BCUT2D eigenvalue weighted by atomic mass is 10.00. The summed E-state index contributed by atoms with van der Waals surface area (Å²) in [6, 6.07) is 5.14. The van der Waals surface area contributed by atoms with Crippen molar-refractivity contribution in [3.05, 3.63) is 41.2 Å². The minimum absolute atomic E-state index is 0.297. The van der Waals surface area contributed by atoms with Crippen LogP contribution in [-0.2, 0) is 16.6 Å². The van der Waals surface area contributed by atoms with Gasteiger partial charge in [0.15, 0.2) is 0 Å². The van der Waals surface area contributed by atoms with Gasteiger partial charge in [-0.05, 0) is 45.4 Å². The number of amides is 2. The lowest BCUT2D eigenvalue weighted by Crippen LogP contribution is -2.59. The van der Waals surface area contributed by atoms with Crippen LogP contribution in [-0.4, -0.2) is 27.2 Å². The number of hydrogen-bond donors (Lipinski definition) is 2. The van der Waals surface area contributed by atoms with E-state index >= 15 is 0 Å². The second-order valence-corrected chi connectivity index (χ2v) is 6.59. The number of hydrogen-bond acceptors (Lipinski definition) is 4. The van der Waals surface area contributed by atoms with Gasteiger partial charge in [-0.25, -0.2) is 0 Å². The molecule has 132 valence electrons. The highest BCUT2D eigenvalue weighted by Crippen LogP contribution is 2.34. The molecule has 0 spiro atoms. The van der Waals surface area contributed by atoms with E-state index in [0.29, 0.717) is 11.4 Å². The molecule has 2 heterocycles. The van der Waals surface area contributed by atoms with E-state index in [2.05, 4.69) is 15.7 Å². The SMILES string of the molecule is Cc1ccc2c(c1)NC(=O)C(C)(C(=O)NC(C)c1cnn(C)c1C)O2. The summed E-state index contributed by atoms with van der Waals surface area (Å²) in [5, 5.41) is 9.80. The van der Waals surface area contributed by atoms with Crippen LogP contribution in [0.1, 0.15) is 36.7 Å². The Morgan fingerprint density at radius 3 is 2.76 bits per heavy atom. The normalized spacial score (nSPS) is 20.3. The largest absolute Gasteiger partial charge is 0.466 e. The number of aryl methyl sites for hydroxylation is 2. The van der Waals surface area contributed by atoms with Gasteiger partial charge in [0.25, 0.3) is 17.4 Å². The molecular formula is C18H22N4O3. The van der Waals surface area contributed by atoms with Gasteiger partial charge in [-0.1, -0.05) is 6.07 Å². The van der Waals surface area contributed by atoms with Gasteiger partial charge in [-0.2, -0.15) is 5.10 Å². The van der Waals surface area contributed by atoms with Gasteiger partial charge < -0.3 is 15.4 Å². The molecule has 2 aromatic rings. The van der Waals surface area contributed by atoms with E-state index in [0.717, 1.165) is 16.8 Å². The Hall–Kier alpha value is -2.83. The molecule has 0 saturated carbocycles. The highest BCUT2D eigenvalue weighted by Gasteiger charge is 2.47. The fourth-order valence-electron chi connectivity index (χ4n) is 2.84. The molecule has 2 amide bonds. The maximum atomic E-state index is 12.8. The van der Waals surface area contributed by atoms with Gasteiger partial charge in [-0.3, -0.25) is 14.3 Å². The Balaban J connectivity index is 1.82. The summed E-state index contributed by atoms with van der Waals surface area (Å²) >= 11 is 0. The molecule has 3 rings (SSSR count). The number of ether oxygens (including phenoxy) is 1. The van der Waals surface area contributed by atoms with Gasteiger partial charge in [-0.15, -0.1) is 0 Å². The number of fused-ring (bicyclic) bond motifs is 1. The van der Waals surface area contributed by atoms with E-state index in [1.165, 1.54) is 6.92 Å². The smallest absolute Gasteiger partial charge is 0.278 e. The third-order valence-electron chi connectivity index (χ3n) is 4.65. The van der Waals surface area contributed by atoms with Crippen molar-refractivity contribution in [2.24, 2.45) is 7.05 Å². The molecule has 0 radical (unpaired) electrons. The van der Waals surface area contributed by atoms with Crippen molar-refractivity contribution in [1.82, 2.24) is 15.1 Å². The fourth-order valence-corrected chi connectivity index (χ4v) is 2.84. The number of benzene rings is 1. The summed E-state index contributed by atoms with van der Waals surface area (Å²) in [6.45, 7) is 7.17. The molecule has 2 unspecified atom stereocenters. The molecule has 25 heavy (non-hydrogen) atoms.